The number of hydrogen-bond acceptors (Lipinski definition) is 10. The lowest BCUT2D eigenvalue weighted by atomic mass is 9.95. The van der Waals surface area contributed by atoms with Gasteiger partial charge in [0.2, 0.25) is 0 Å². The predicted octanol–water partition coefficient (Wildman–Crippen LogP) is 3.06. The van der Waals surface area contributed by atoms with Crippen LogP contribution >= 0.6 is 33.9 Å². The second-order valence-electron chi connectivity index (χ2n) is 8.52. The molecule has 0 bridgehead atoms. The number of hydrogen-bond donors (Lipinski definition) is 1. The van der Waals surface area contributed by atoms with Crippen LogP contribution in [0.3, 0.4) is 0 Å². The SMILES string of the molecule is CCOC(=O)C1=C(C)N=c2s/c(=C\c3ccc(O)c(I)c3)c(=O)n2[C@@H]1c1ccc(OCC(=O)OC)c(OCC)c1. The highest BCUT2D eigenvalue weighted by molar-refractivity contribution is 14.1. The van der Waals surface area contributed by atoms with E-state index in [4.69, 9.17) is 14.2 Å². The second-order valence-corrected chi connectivity index (χ2v) is 10.7. The van der Waals surface area contributed by atoms with E-state index in [1.54, 1.807) is 63.2 Å². The maximum atomic E-state index is 13.8. The fourth-order valence-electron chi connectivity index (χ4n) is 4.15. The molecule has 2 aromatic carbocycles. The largest absolute Gasteiger partial charge is 0.507 e. The van der Waals surface area contributed by atoms with E-state index in [2.05, 4.69) is 9.73 Å². The van der Waals surface area contributed by atoms with Gasteiger partial charge in [-0.25, -0.2) is 14.6 Å². The van der Waals surface area contributed by atoms with E-state index in [1.807, 2.05) is 22.6 Å². The molecule has 0 radical (unpaired) electrons. The number of methoxy groups -OCH3 is 1. The Morgan fingerprint density at radius 1 is 1.12 bits per heavy atom. The van der Waals surface area contributed by atoms with Crippen molar-refractivity contribution >= 4 is 51.9 Å². The molecule has 0 saturated carbocycles. The summed E-state index contributed by atoms with van der Waals surface area (Å²) in [5.74, 6) is -0.338. The van der Waals surface area contributed by atoms with Gasteiger partial charge < -0.3 is 24.1 Å². The molecule has 1 N–H and O–H groups in total. The number of carbonyl (C=O) groups excluding carboxylic acids is 2. The summed E-state index contributed by atoms with van der Waals surface area (Å²) in [5, 5.41) is 9.87. The molecule has 0 spiro atoms. The molecule has 12 heteroatoms. The van der Waals surface area contributed by atoms with Crippen LogP contribution in [0.4, 0.5) is 0 Å². The number of carbonyl (C=O) groups is 2. The zero-order valence-electron chi connectivity index (χ0n) is 22.2. The third-order valence-corrected chi connectivity index (χ3v) is 7.79. The molecule has 1 aliphatic rings. The first-order valence-electron chi connectivity index (χ1n) is 12.3. The number of aromatic hydroxyl groups is 1. The minimum Gasteiger partial charge on any atom is -0.507 e. The number of phenolic OH excluding ortho intramolecular Hbond substituents is 1. The average Bonchev–Trinajstić information content (AvgIpc) is 3.23. The standard InChI is InChI=1S/C28H27IN2O8S/c1-5-37-21-13-17(8-10-20(21)39-14-23(33)36-4)25-24(27(35)38-6-2)15(3)30-28-31(25)26(34)22(40-28)12-16-7-9-19(32)18(29)11-16/h7-13,25,32H,5-6,14H2,1-4H3/b22-12-/t25-/m1/s1. The van der Waals surface area contributed by atoms with Crippen molar-refractivity contribution in [2.24, 2.45) is 4.99 Å². The first kappa shape index (κ1) is 29.3. The Morgan fingerprint density at radius 3 is 2.58 bits per heavy atom. The average molecular weight is 679 g/mol. The topological polar surface area (TPSA) is 126 Å². The molecule has 0 aliphatic carbocycles. The molecular weight excluding hydrogens is 651 g/mol. The Morgan fingerprint density at radius 2 is 1.90 bits per heavy atom. The van der Waals surface area contributed by atoms with Gasteiger partial charge in [0.25, 0.3) is 5.56 Å². The molecule has 2 heterocycles. The molecule has 40 heavy (non-hydrogen) atoms. The van der Waals surface area contributed by atoms with Gasteiger partial charge in [-0.05, 0) is 84.8 Å². The van der Waals surface area contributed by atoms with Gasteiger partial charge >= 0.3 is 11.9 Å². The summed E-state index contributed by atoms with van der Waals surface area (Å²) in [6.45, 7) is 5.36. The van der Waals surface area contributed by atoms with Crippen LogP contribution in [0.15, 0.2) is 57.5 Å². The number of rotatable bonds is 9. The van der Waals surface area contributed by atoms with Crippen LogP contribution < -0.4 is 24.4 Å². The highest BCUT2D eigenvalue weighted by Gasteiger charge is 2.34. The quantitative estimate of drug-likeness (QED) is 0.271. The van der Waals surface area contributed by atoms with Crippen molar-refractivity contribution in [1.29, 1.82) is 0 Å². The number of halogens is 1. The lowest BCUT2D eigenvalue weighted by molar-refractivity contribution is -0.143. The fourth-order valence-corrected chi connectivity index (χ4v) is 5.74. The van der Waals surface area contributed by atoms with Gasteiger partial charge in [-0.2, -0.15) is 0 Å². The zero-order valence-corrected chi connectivity index (χ0v) is 25.2. The first-order chi connectivity index (χ1) is 19.2. The van der Waals surface area contributed by atoms with Gasteiger partial charge in [-0.15, -0.1) is 0 Å². The Bertz CT molecular complexity index is 1670. The van der Waals surface area contributed by atoms with Crippen molar-refractivity contribution in [3.63, 3.8) is 0 Å². The van der Waals surface area contributed by atoms with E-state index in [0.29, 0.717) is 42.3 Å². The predicted molar refractivity (Wildman–Crippen MR) is 156 cm³/mol. The van der Waals surface area contributed by atoms with E-state index in [1.165, 1.54) is 23.0 Å². The molecule has 0 fully saturated rings. The molecule has 1 aromatic heterocycles. The summed E-state index contributed by atoms with van der Waals surface area (Å²) < 4.78 is 23.9. The van der Waals surface area contributed by atoms with Gasteiger partial charge in [0.15, 0.2) is 22.9 Å². The van der Waals surface area contributed by atoms with E-state index in [0.717, 1.165) is 5.56 Å². The third-order valence-electron chi connectivity index (χ3n) is 5.94. The molecule has 4 rings (SSSR count). The van der Waals surface area contributed by atoms with E-state index in [9.17, 15) is 19.5 Å². The van der Waals surface area contributed by atoms with Crippen molar-refractivity contribution in [3.05, 3.63) is 82.1 Å². The Balaban J connectivity index is 1.90. The number of benzene rings is 2. The van der Waals surface area contributed by atoms with Crippen molar-refractivity contribution in [3.8, 4) is 17.2 Å². The van der Waals surface area contributed by atoms with E-state index < -0.39 is 18.0 Å². The first-order valence-corrected chi connectivity index (χ1v) is 14.2. The van der Waals surface area contributed by atoms with Crippen molar-refractivity contribution in [1.82, 2.24) is 4.57 Å². The van der Waals surface area contributed by atoms with Crippen LogP contribution in [0.5, 0.6) is 17.2 Å². The summed E-state index contributed by atoms with van der Waals surface area (Å²) in [7, 11) is 1.27. The summed E-state index contributed by atoms with van der Waals surface area (Å²) in [4.78, 5) is 43.6. The molecule has 3 aromatic rings. The Hall–Kier alpha value is -3.65. The van der Waals surface area contributed by atoms with Crippen LogP contribution in [0.25, 0.3) is 6.08 Å². The molecule has 0 amide bonds. The van der Waals surface area contributed by atoms with Gasteiger partial charge in [-0.3, -0.25) is 9.36 Å². The maximum Gasteiger partial charge on any atom is 0.343 e. The number of allylic oxidation sites excluding steroid dienone is 1. The highest BCUT2D eigenvalue weighted by atomic mass is 127. The normalized spacial score (nSPS) is 14.8. The number of aromatic nitrogens is 1. The van der Waals surface area contributed by atoms with Gasteiger partial charge in [0.05, 0.1) is 45.7 Å². The molecular formula is C28H27IN2O8S. The lowest BCUT2D eigenvalue weighted by Gasteiger charge is -2.25. The summed E-state index contributed by atoms with van der Waals surface area (Å²) in [6.07, 6.45) is 1.72. The van der Waals surface area contributed by atoms with Crippen molar-refractivity contribution in [2.45, 2.75) is 26.8 Å². The molecule has 0 saturated heterocycles. The van der Waals surface area contributed by atoms with Crippen molar-refractivity contribution < 1.29 is 33.6 Å². The molecule has 210 valence electrons. The summed E-state index contributed by atoms with van der Waals surface area (Å²) >= 11 is 3.22. The smallest absolute Gasteiger partial charge is 0.343 e. The fraction of sp³-hybridized carbons (Fsp3) is 0.286. The molecule has 10 nitrogen and oxygen atoms in total. The van der Waals surface area contributed by atoms with Crippen LogP contribution in [0.1, 0.15) is 37.9 Å². The Kier molecular flexibility index (Phi) is 9.30. The number of ether oxygens (including phenoxy) is 4. The van der Waals surface area contributed by atoms with E-state index >= 15 is 0 Å². The maximum absolute atomic E-state index is 13.8. The van der Waals surface area contributed by atoms with Crippen LogP contribution in [0, 0.1) is 3.57 Å². The number of esters is 2. The third kappa shape index (κ3) is 6.07. The number of nitrogens with zero attached hydrogens (tertiary/aromatic N) is 2. The van der Waals surface area contributed by atoms with Crippen LogP contribution in [-0.2, 0) is 19.1 Å². The van der Waals surface area contributed by atoms with Crippen LogP contribution in [-0.4, -0.2) is 48.5 Å². The van der Waals surface area contributed by atoms with Gasteiger partial charge in [0.1, 0.15) is 5.75 Å². The highest BCUT2D eigenvalue weighted by Crippen LogP contribution is 2.36. The lowest BCUT2D eigenvalue weighted by Crippen LogP contribution is -2.40. The molecule has 1 aliphatic heterocycles. The monoisotopic (exact) mass is 678 g/mol. The number of fused-ring (bicyclic) bond motifs is 1. The number of thiazole rings is 1. The van der Waals surface area contributed by atoms with Gasteiger partial charge in [-0.1, -0.05) is 23.5 Å². The van der Waals surface area contributed by atoms with Crippen molar-refractivity contribution in [2.75, 3.05) is 26.9 Å². The molecule has 1 atom stereocenters. The minimum absolute atomic E-state index is 0.150. The molecule has 0 unspecified atom stereocenters. The van der Waals surface area contributed by atoms with Gasteiger partial charge in [0, 0.05) is 0 Å². The number of phenols is 1. The minimum atomic E-state index is -0.855. The Labute approximate surface area is 247 Å². The summed E-state index contributed by atoms with van der Waals surface area (Å²) in [6, 6.07) is 9.19. The second kappa shape index (κ2) is 12.7. The summed E-state index contributed by atoms with van der Waals surface area (Å²) in [5.41, 5.74) is 1.62. The zero-order chi connectivity index (χ0) is 29.0. The van der Waals surface area contributed by atoms with Crippen LogP contribution in [0.2, 0.25) is 0 Å². The van der Waals surface area contributed by atoms with E-state index in [-0.39, 0.29) is 30.1 Å².